The van der Waals surface area contributed by atoms with Gasteiger partial charge < -0.3 is 5.73 Å². The van der Waals surface area contributed by atoms with Crippen LogP contribution in [-0.2, 0) is 0 Å². The molecule has 0 fully saturated rings. The lowest BCUT2D eigenvalue weighted by molar-refractivity contribution is 0.0950. The molecule has 12 heteroatoms. The maximum atomic E-state index is 13.9. The Morgan fingerprint density at radius 1 is 1.16 bits per heavy atom. The Morgan fingerprint density at radius 3 is 2.61 bits per heavy atom. The van der Waals surface area contributed by atoms with Gasteiger partial charge in [-0.2, -0.15) is 9.78 Å². The Labute approximate surface area is 173 Å². The van der Waals surface area contributed by atoms with Crippen LogP contribution in [-0.4, -0.2) is 36.9 Å². The Bertz CT molecular complexity index is 1280. The molecule has 31 heavy (non-hydrogen) atoms. The first-order chi connectivity index (χ1) is 15.0. The summed E-state index contributed by atoms with van der Waals surface area (Å²) < 4.78 is 32.9. The number of halogens is 2. The number of nitrogen functional groups attached to an aromatic ring is 1. The van der Waals surface area contributed by atoms with Crippen LogP contribution in [0.4, 0.5) is 14.6 Å². The molecule has 0 saturated carbocycles. The molecule has 0 radical (unpaired) electrons. The minimum absolute atomic E-state index is 0.0371. The predicted octanol–water partition coefficient (Wildman–Crippen LogP) is 2.33. The zero-order valence-electron chi connectivity index (χ0n) is 16.0. The fourth-order valence-corrected chi connectivity index (χ4v) is 2.81. The second-order valence-corrected chi connectivity index (χ2v) is 6.30. The van der Waals surface area contributed by atoms with Crippen molar-refractivity contribution < 1.29 is 18.2 Å². The van der Waals surface area contributed by atoms with E-state index in [1.165, 1.54) is 17.7 Å². The van der Waals surface area contributed by atoms with E-state index in [4.69, 9.17) is 5.73 Å². The van der Waals surface area contributed by atoms with Crippen LogP contribution in [0.25, 0.3) is 17.1 Å². The monoisotopic (exact) mass is 424 g/mol. The molecule has 0 spiro atoms. The van der Waals surface area contributed by atoms with Gasteiger partial charge in [0.2, 0.25) is 11.6 Å². The molecule has 2 heterocycles. The SMILES string of the molecule is C/C(=N/NC(=O)c1nnn(-c2nonc2N)c1-c1ccccc1)c1ccc(F)cc1F. The maximum absolute atomic E-state index is 13.9. The molecule has 0 bridgehead atoms. The minimum Gasteiger partial charge on any atom is -0.378 e. The lowest BCUT2D eigenvalue weighted by atomic mass is 10.1. The van der Waals surface area contributed by atoms with Gasteiger partial charge in [-0.1, -0.05) is 35.5 Å². The number of aromatic nitrogens is 5. The smallest absolute Gasteiger partial charge is 0.294 e. The van der Waals surface area contributed by atoms with Gasteiger partial charge in [-0.15, -0.1) is 5.10 Å². The van der Waals surface area contributed by atoms with Crippen LogP contribution < -0.4 is 11.2 Å². The van der Waals surface area contributed by atoms with Crippen molar-refractivity contribution in [1.82, 2.24) is 30.7 Å². The number of rotatable bonds is 5. The van der Waals surface area contributed by atoms with Gasteiger partial charge in [0.05, 0.1) is 5.71 Å². The summed E-state index contributed by atoms with van der Waals surface area (Å²) in [6, 6.07) is 11.8. The number of anilines is 1. The van der Waals surface area contributed by atoms with E-state index in [2.05, 4.69) is 35.8 Å². The van der Waals surface area contributed by atoms with E-state index < -0.39 is 17.5 Å². The summed E-state index contributed by atoms with van der Waals surface area (Å²) in [4.78, 5) is 12.8. The standard InChI is InChI=1S/C19H14F2N8O2/c1-10(13-8-7-12(20)9-14(13)21)23-25-19(30)15-16(11-5-3-2-4-6-11)29(28-24-15)18-17(22)26-31-27-18/h2-9H,1H3,(H2,22,26)(H,25,30)/b23-10-. The zero-order valence-corrected chi connectivity index (χ0v) is 16.0. The van der Waals surface area contributed by atoms with Crippen LogP contribution in [0, 0.1) is 11.6 Å². The summed E-state index contributed by atoms with van der Waals surface area (Å²) >= 11 is 0. The second kappa shape index (κ2) is 8.10. The van der Waals surface area contributed by atoms with Gasteiger partial charge in [-0.05, 0) is 29.4 Å². The molecule has 10 nitrogen and oxygen atoms in total. The molecule has 2 aromatic heterocycles. The topological polar surface area (TPSA) is 137 Å². The van der Waals surface area contributed by atoms with Crippen molar-refractivity contribution in [2.24, 2.45) is 5.10 Å². The van der Waals surface area contributed by atoms with Crippen LogP contribution >= 0.6 is 0 Å². The molecule has 4 rings (SSSR count). The van der Waals surface area contributed by atoms with Crippen LogP contribution in [0.15, 0.2) is 58.3 Å². The molecule has 0 aliphatic rings. The third-order valence-corrected chi connectivity index (χ3v) is 4.27. The van der Waals surface area contributed by atoms with Crippen molar-refractivity contribution in [3.8, 4) is 17.1 Å². The molecule has 3 N–H and O–H groups in total. The van der Waals surface area contributed by atoms with Gasteiger partial charge >= 0.3 is 0 Å². The first-order valence-corrected chi connectivity index (χ1v) is 8.85. The Balaban J connectivity index is 1.70. The highest BCUT2D eigenvalue weighted by molar-refractivity contribution is 6.02. The Morgan fingerprint density at radius 2 is 1.94 bits per heavy atom. The maximum Gasteiger partial charge on any atom is 0.294 e. The van der Waals surface area contributed by atoms with Crippen LogP contribution in [0.5, 0.6) is 0 Å². The highest BCUT2D eigenvalue weighted by Gasteiger charge is 2.25. The molecular weight excluding hydrogens is 410 g/mol. The van der Waals surface area contributed by atoms with Gasteiger partial charge in [0.15, 0.2) is 5.69 Å². The number of amides is 1. The predicted molar refractivity (Wildman–Crippen MR) is 105 cm³/mol. The second-order valence-electron chi connectivity index (χ2n) is 6.30. The van der Waals surface area contributed by atoms with E-state index in [1.807, 2.05) is 0 Å². The number of benzene rings is 2. The van der Waals surface area contributed by atoms with Gasteiger partial charge in [-0.25, -0.2) is 18.8 Å². The third kappa shape index (κ3) is 3.85. The largest absolute Gasteiger partial charge is 0.378 e. The number of hydrazone groups is 1. The van der Waals surface area contributed by atoms with Crippen LogP contribution in [0.2, 0.25) is 0 Å². The average Bonchev–Trinajstić information content (AvgIpc) is 3.38. The highest BCUT2D eigenvalue weighted by atomic mass is 19.1. The molecule has 0 unspecified atom stereocenters. The van der Waals surface area contributed by atoms with Gasteiger partial charge in [-0.3, -0.25) is 4.79 Å². The molecule has 156 valence electrons. The van der Waals surface area contributed by atoms with Gasteiger partial charge in [0.1, 0.15) is 17.3 Å². The van der Waals surface area contributed by atoms with Crippen LogP contribution in [0.3, 0.4) is 0 Å². The third-order valence-electron chi connectivity index (χ3n) is 4.27. The fraction of sp³-hybridized carbons (Fsp3) is 0.0526. The van der Waals surface area contributed by atoms with E-state index >= 15 is 0 Å². The van der Waals surface area contributed by atoms with E-state index in [0.29, 0.717) is 5.56 Å². The van der Waals surface area contributed by atoms with E-state index in [1.54, 1.807) is 30.3 Å². The first kappa shape index (κ1) is 19.8. The summed E-state index contributed by atoms with van der Waals surface area (Å²) in [5.74, 6) is -2.24. The first-order valence-electron chi connectivity index (χ1n) is 8.85. The Hall–Kier alpha value is -4.48. The van der Waals surface area contributed by atoms with Crippen molar-refractivity contribution in [3.05, 3.63) is 71.4 Å². The number of hydrogen-bond donors (Lipinski definition) is 2. The zero-order chi connectivity index (χ0) is 22.0. The lowest BCUT2D eigenvalue weighted by Crippen LogP contribution is -2.21. The molecule has 4 aromatic rings. The normalized spacial score (nSPS) is 11.5. The molecule has 0 atom stereocenters. The number of nitrogens with two attached hydrogens (primary N) is 1. The number of nitrogens with zero attached hydrogens (tertiary/aromatic N) is 6. The Kier molecular flexibility index (Phi) is 5.18. The highest BCUT2D eigenvalue weighted by Crippen LogP contribution is 2.26. The molecular formula is C19H14F2N8O2. The van der Waals surface area contributed by atoms with Crippen LogP contribution in [0.1, 0.15) is 23.0 Å². The quantitative estimate of drug-likeness (QED) is 0.370. The lowest BCUT2D eigenvalue weighted by Gasteiger charge is -2.06. The molecule has 0 aliphatic heterocycles. The van der Waals surface area contributed by atoms with Crippen molar-refractivity contribution in [2.75, 3.05) is 5.73 Å². The van der Waals surface area contributed by atoms with E-state index in [0.717, 1.165) is 12.1 Å². The van der Waals surface area contributed by atoms with E-state index in [-0.39, 0.29) is 34.3 Å². The van der Waals surface area contributed by atoms with E-state index in [9.17, 15) is 13.6 Å². The van der Waals surface area contributed by atoms with Crippen molar-refractivity contribution >= 4 is 17.4 Å². The average molecular weight is 424 g/mol. The molecule has 1 amide bonds. The molecule has 2 aromatic carbocycles. The minimum atomic E-state index is -0.805. The number of carbonyl (C=O) groups is 1. The summed E-state index contributed by atoms with van der Waals surface area (Å²) in [5.41, 5.74) is 8.98. The van der Waals surface area contributed by atoms with Crippen molar-refractivity contribution in [2.45, 2.75) is 6.92 Å². The fourth-order valence-electron chi connectivity index (χ4n) is 2.81. The number of carbonyl (C=O) groups excluding carboxylic acids is 1. The van der Waals surface area contributed by atoms with Crippen molar-refractivity contribution in [1.29, 1.82) is 0 Å². The summed E-state index contributed by atoms with van der Waals surface area (Å²) in [6.07, 6.45) is 0. The molecule has 0 aliphatic carbocycles. The van der Waals surface area contributed by atoms with Gasteiger partial charge in [0, 0.05) is 17.2 Å². The summed E-state index contributed by atoms with van der Waals surface area (Å²) in [7, 11) is 0. The van der Waals surface area contributed by atoms with Crippen molar-refractivity contribution in [3.63, 3.8) is 0 Å². The number of hydrogen-bond acceptors (Lipinski definition) is 8. The summed E-state index contributed by atoms with van der Waals surface area (Å²) in [6.45, 7) is 1.47. The van der Waals surface area contributed by atoms with Gasteiger partial charge in [0.25, 0.3) is 5.91 Å². The number of nitrogens with one attached hydrogen (secondary N) is 1. The summed E-state index contributed by atoms with van der Waals surface area (Å²) in [5, 5.41) is 18.9. The molecule has 0 saturated heterocycles.